The molecular formula is C31H37N3O6S. The van der Waals surface area contributed by atoms with E-state index in [1.54, 1.807) is 64.3 Å². The smallest absolute Gasteiger partial charge is 0.324 e. The van der Waals surface area contributed by atoms with Gasteiger partial charge in [-0.05, 0) is 47.7 Å². The maximum atomic E-state index is 13.8. The Balaban J connectivity index is 1.55. The number of sulfonamides is 1. The van der Waals surface area contributed by atoms with Gasteiger partial charge in [0.1, 0.15) is 11.8 Å². The van der Waals surface area contributed by atoms with Gasteiger partial charge in [-0.25, -0.2) is 8.42 Å². The largest absolute Gasteiger partial charge is 0.480 e. The van der Waals surface area contributed by atoms with E-state index in [2.05, 4.69) is 0 Å². The number of carbonyl (C=O) groups excluding carboxylic acids is 2. The molecule has 0 aromatic heterocycles. The highest BCUT2D eigenvalue weighted by molar-refractivity contribution is 7.89. The van der Waals surface area contributed by atoms with Crippen LogP contribution in [0.1, 0.15) is 31.8 Å². The van der Waals surface area contributed by atoms with Crippen molar-refractivity contribution in [2.45, 2.75) is 42.9 Å². The third kappa shape index (κ3) is 6.78. The van der Waals surface area contributed by atoms with E-state index in [4.69, 9.17) is 22.1 Å². The molecule has 0 saturated carbocycles. The molecule has 2 N–H and O–H groups in total. The van der Waals surface area contributed by atoms with Gasteiger partial charge >= 0.3 is 5.97 Å². The standard InChI is InChI=1S/C31H37N3O6S/c1-22(2)28(29(35)33(3)4)39-30(36)27(32)19-23-12-11-17-26(18-23)41(37,38)34-20-31(21-34,24-13-7-5-8-14-24)40-25-15-9-6-10-16-25/h5-18,22,27-28H,19-21,32H2,1-4H3/t27-,28+/m0/s1/i6D,9D,10D,15D,16D. The van der Waals surface area contributed by atoms with Crippen molar-refractivity contribution in [2.24, 2.45) is 11.7 Å². The molecule has 10 heteroatoms. The molecular weight excluding hydrogens is 542 g/mol. The minimum atomic E-state index is -4.10. The van der Waals surface area contributed by atoms with Gasteiger partial charge in [-0.1, -0.05) is 74.4 Å². The highest BCUT2D eigenvalue weighted by Gasteiger charge is 2.52. The summed E-state index contributed by atoms with van der Waals surface area (Å²) in [5, 5.41) is 0. The molecule has 0 aliphatic carbocycles. The lowest BCUT2D eigenvalue weighted by molar-refractivity contribution is -0.163. The van der Waals surface area contributed by atoms with E-state index in [0.29, 0.717) is 11.1 Å². The first-order chi connectivity index (χ1) is 21.5. The maximum Gasteiger partial charge on any atom is 0.324 e. The molecule has 1 aliphatic rings. The molecule has 218 valence electrons. The highest BCUT2D eigenvalue weighted by atomic mass is 32.2. The number of rotatable bonds is 11. The fourth-order valence-corrected chi connectivity index (χ4v) is 6.09. The number of amides is 1. The number of ether oxygens (including phenoxy) is 2. The molecule has 0 radical (unpaired) electrons. The van der Waals surface area contributed by atoms with Crippen LogP contribution in [0.5, 0.6) is 5.75 Å². The van der Waals surface area contributed by atoms with Crippen molar-refractivity contribution in [3.63, 3.8) is 0 Å². The van der Waals surface area contributed by atoms with E-state index in [9.17, 15) is 18.0 Å². The molecule has 1 amide bonds. The predicted molar refractivity (Wildman–Crippen MR) is 155 cm³/mol. The van der Waals surface area contributed by atoms with Crippen molar-refractivity contribution in [1.82, 2.24) is 9.21 Å². The van der Waals surface area contributed by atoms with E-state index in [1.807, 2.05) is 0 Å². The molecule has 0 bridgehead atoms. The van der Waals surface area contributed by atoms with E-state index >= 15 is 0 Å². The van der Waals surface area contributed by atoms with Crippen LogP contribution >= 0.6 is 0 Å². The Bertz CT molecular complexity index is 1700. The number of hydrogen-bond donors (Lipinski definition) is 1. The van der Waals surface area contributed by atoms with Crippen molar-refractivity contribution < 1.29 is 34.3 Å². The van der Waals surface area contributed by atoms with E-state index in [-0.39, 0.29) is 42.0 Å². The van der Waals surface area contributed by atoms with Gasteiger partial charge < -0.3 is 20.1 Å². The number of esters is 1. The Labute approximate surface area is 248 Å². The summed E-state index contributed by atoms with van der Waals surface area (Å²) in [5.74, 6) is -1.83. The lowest BCUT2D eigenvalue weighted by Crippen LogP contribution is -2.63. The van der Waals surface area contributed by atoms with Gasteiger partial charge in [0.2, 0.25) is 10.0 Å². The van der Waals surface area contributed by atoms with Gasteiger partial charge in [0, 0.05) is 14.1 Å². The second-order valence-electron chi connectivity index (χ2n) is 10.5. The summed E-state index contributed by atoms with van der Waals surface area (Å²) in [5.41, 5.74) is 5.81. The van der Waals surface area contributed by atoms with Crippen molar-refractivity contribution >= 4 is 21.9 Å². The molecule has 1 fully saturated rings. The quantitative estimate of drug-likeness (QED) is 0.344. The first kappa shape index (κ1) is 23.9. The Hall–Kier alpha value is -3.73. The monoisotopic (exact) mass is 584 g/mol. The van der Waals surface area contributed by atoms with Crippen LogP contribution in [-0.4, -0.2) is 68.8 Å². The lowest BCUT2D eigenvalue weighted by Gasteiger charge is -2.48. The zero-order chi connectivity index (χ0) is 34.1. The van der Waals surface area contributed by atoms with Gasteiger partial charge in [0.15, 0.2) is 11.7 Å². The summed E-state index contributed by atoms with van der Waals surface area (Å²) in [6.45, 7) is 3.09. The first-order valence-corrected chi connectivity index (χ1v) is 14.5. The summed E-state index contributed by atoms with van der Waals surface area (Å²) in [4.78, 5) is 26.5. The first-order valence-electron chi connectivity index (χ1n) is 15.6. The highest BCUT2D eigenvalue weighted by Crippen LogP contribution is 2.40. The van der Waals surface area contributed by atoms with Crippen LogP contribution in [0.25, 0.3) is 0 Å². The molecule has 1 heterocycles. The third-order valence-electron chi connectivity index (χ3n) is 6.77. The average molecular weight is 585 g/mol. The number of nitrogens with two attached hydrogens (primary N) is 1. The Kier molecular flexibility index (Phi) is 7.25. The Morgan fingerprint density at radius 1 is 1.05 bits per heavy atom. The fraction of sp³-hybridized carbons (Fsp3) is 0.355. The van der Waals surface area contributed by atoms with Gasteiger partial charge in [-0.2, -0.15) is 4.31 Å². The predicted octanol–water partition coefficient (Wildman–Crippen LogP) is 3.19. The molecule has 3 aromatic carbocycles. The average Bonchev–Trinajstić information content (AvgIpc) is 3.00. The summed E-state index contributed by atoms with van der Waals surface area (Å²) < 4.78 is 80.7. The van der Waals surface area contributed by atoms with Gasteiger partial charge in [0.05, 0.1) is 24.8 Å². The molecule has 4 rings (SSSR count). The maximum absolute atomic E-state index is 13.8. The van der Waals surface area contributed by atoms with E-state index in [1.165, 1.54) is 27.4 Å². The van der Waals surface area contributed by atoms with Crippen LogP contribution in [0.4, 0.5) is 0 Å². The van der Waals surface area contributed by atoms with E-state index in [0.717, 1.165) is 0 Å². The van der Waals surface area contributed by atoms with Crippen LogP contribution in [0.2, 0.25) is 0 Å². The van der Waals surface area contributed by atoms with Gasteiger partial charge in [-0.15, -0.1) is 0 Å². The number of benzene rings is 3. The molecule has 41 heavy (non-hydrogen) atoms. The fourth-order valence-electron chi connectivity index (χ4n) is 4.48. The van der Waals surface area contributed by atoms with Crippen LogP contribution in [0.15, 0.2) is 89.7 Å². The van der Waals surface area contributed by atoms with Crippen molar-refractivity contribution in [2.75, 3.05) is 27.2 Å². The van der Waals surface area contributed by atoms with Crippen molar-refractivity contribution in [3.05, 3.63) is 95.9 Å². The summed E-state index contributed by atoms with van der Waals surface area (Å²) in [6.07, 6.45) is -1.06. The molecule has 2 atom stereocenters. The summed E-state index contributed by atoms with van der Waals surface area (Å²) in [7, 11) is -0.984. The van der Waals surface area contributed by atoms with Crippen LogP contribution < -0.4 is 10.5 Å². The number of para-hydroxylation sites is 1. The SMILES string of the molecule is [2H]c1c([2H])c([2H])c(OC2(c3ccccc3)CN(S(=O)(=O)c3cccc(C[C@H](N)C(=O)O[C@@H](C(=O)N(C)C)C(C)C)c3)C2)c([2H])c1[2H]. The van der Waals surface area contributed by atoms with Crippen molar-refractivity contribution in [3.8, 4) is 5.75 Å². The zero-order valence-electron chi connectivity index (χ0n) is 28.4. The van der Waals surface area contributed by atoms with Crippen LogP contribution in [0.3, 0.4) is 0 Å². The minimum Gasteiger partial charge on any atom is -0.480 e. The number of nitrogens with zero attached hydrogens (tertiary/aromatic N) is 2. The molecule has 9 nitrogen and oxygen atoms in total. The summed E-state index contributed by atoms with van der Waals surface area (Å²) >= 11 is 0. The molecule has 1 aliphatic heterocycles. The molecule has 0 unspecified atom stereocenters. The summed E-state index contributed by atoms with van der Waals surface area (Å²) in [6, 6.07) is 10.7. The molecule has 0 spiro atoms. The second kappa shape index (κ2) is 12.4. The Morgan fingerprint density at radius 3 is 2.32 bits per heavy atom. The van der Waals surface area contributed by atoms with Gasteiger partial charge in [-0.3, -0.25) is 9.59 Å². The Morgan fingerprint density at radius 2 is 1.71 bits per heavy atom. The van der Waals surface area contributed by atoms with Crippen LogP contribution in [-0.2, 0) is 36.4 Å². The number of hydrogen-bond acceptors (Lipinski definition) is 7. The molecule has 3 aromatic rings. The minimum absolute atomic E-state index is 0.0459. The second-order valence-corrected chi connectivity index (χ2v) is 12.4. The number of likely N-dealkylation sites (N-methyl/N-ethyl adjacent to an activating group) is 1. The third-order valence-corrected chi connectivity index (χ3v) is 8.55. The van der Waals surface area contributed by atoms with Crippen molar-refractivity contribution in [1.29, 1.82) is 0 Å². The number of carbonyl (C=O) groups is 2. The molecule has 1 saturated heterocycles. The van der Waals surface area contributed by atoms with Crippen LogP contribution in [0, 0.1) is 5.92 Å². The lowest BCUT2D eigenvalue weighted by atomic mass is 9.87. The normalized spacial score (nSPS) is 18.0. The topological polar surface area (TPSA) is 119 Å². The van der Waals surface area contributed by atoms with E-state index < -0.39 is 64.0 Å². The zero-order valence-corrected chi connectivity index (χ0v) is 24.2. The van der Waals surface area contributed by atoms with Gasteiger partial charge in [0.25, 0.3) is 5.91 Å².